The van der Waals surface area contributed by atoms with Crippen molar-refractivity contribution in [3.05, 3.63) is 29.8 Å². The molecule has 0 fully saturated rings. The maximum Gasteiger partial charge on any atom is 0.240 e. The number of benzene rings is 1. The minimum absolute atomic E-state index is 0.0687. The smallest absolute Gasteiger partial charge is 0.224 e. The molecule has 1 heterocycles. The van der Waals surface area contributed by atoms with E-state index in [-0.39, 0.29) is 10.5 Å². The van der Waals surface area contributed by atoms with Crippen LogP contribution in [0.25, 0.3) is 0 Å². The van der Waals surface area contributed by atoms with Crippen molar-refractivity contribution < 1.29 is 16.8 Å². The van der Waals surface area contributed by atoms with Crippen LogP contribution >= 0.6 is 10.7 Å². The first kappa shape index (κ1) is 10.9. The SMILES string of the molecule is O=S1(=O)C[C@@H](S(=O)(=O)Cl)c2ccccc21. The van der Waals surface area contributed by atoms with Crippen LogP contribution in [0.15, 0.2) is 29.2 Å². The van der Waals surface area contributed by atoms with E-state index in [2.05, 4.69) is 0 Å². The van der Waals surface area contributed by atoms with Gasteiger partial charge in [0.15, 0.2) is 9.84 Å². The zero-order valence-electron chi connectivity index (χ0n) is 7.42. The molecule has 0 saturated carbocycles. The molecule has 0 aromatic heterocycles. The molecule has 0 spiro atoms. The second-order valence-electron chi connectivity index (χ2n) is 3.28. The third-order valence-electron chi connectivity index (χ3n) is 2.31. The summed E-state index contributed by atoms with van der Waals surface area (Å²) in [6.45, 7) is 0. The maximum atomic E-state index is 11.6. The van der Waals surface area contributed by atoms with Crippen molar-refractivity contribution in [1.29, 1.82) is 0 Å². The van der Waals surface area contributed by atoms with Gasteiger partial charge in [-0.25, -0.2) is 16.8 Å². The van der Waals surface area contributed by atoms with E-state index in [1.165, 1.54) is 12.1 Å². The molecule has 0 N–H and O–H groups in total. The zero-order chi connectivity index (χ0) is 11.3. The minimum Gasteiger partial charge on any atom is -0.224 e. The lowest BCUT2D eigenvalue weighted by atomic mass is 10.2. The summed E-state index contributed by atoms with van der Waals surface area (Å²) in [4.78, 5) is 0.0687. The molecule has 7 heteroatoms. The first-order valence-corrected chi connectivity index (χ1v) is 8.10. The molecule has 4 nitrogen and oxygen atoms in total. The molecule has 0 radical (unpaired) electrons. The Bertz CT molecular complexity index is 603. The Morgan fingerprint density at radius 3 is 2.47 bits per heavy atom. The van der Waals surface area contributed by atoms with Crippen LogP contribution in [-0.4, -0.2) is 22.6 Å². The highest BCUT2D eigenvalue weighted by Gasteiger charge is 2.41. The molecule has 0 amide bonds. The zero-order valence-corrected chi connectivity index (χ0v) is 9.81. The highest BCUT2D eigenvalue weighted by atomic mass is 35.7. The monoisotopic (exact) mass is 266 g/mol. The normalized spacial score (nSPS) is 23.7. The molecule has 1 atom stereocenters. The van der Waals surface area contributed by atoms with Crippen molar-refractivity contribution >= 4 is 29.6 Å². The predicted octanol–water partition coefficient (Wildman–Crippen LogP) is 1.08. The summed E-state index contributed by atoms with van der Waals surface area (Å²) in [6.07, 6.45) is 0. The molecule has 0 aliphatic carbocycles. The van der Waals surface area contributed by atoms with E-state index in [9.17, 15) is 16.8 Å². The molecule has 0 unspecified atom stereocenters. The Labute approximate surface area is 92.2 Å². The molecule has 1 aromatic rings. The van der Waals surface area contributed by atoms with Gasteiger partial charge in [-0.05, 0) is 11.6 Å². The molecule has 0 bridgehead atoms. The van der Waals surface area contributed by atoms with Crippen molar-refractivity contribution in [1.82, 2.24) is 0 Å². The number of fused-ring (bicyclic) bond motifs is 1. The van der Waals surface area contributed by atoms with Gasteiger partial charge >= 0.3 is 0 Å². The van der Waals surface area contributed by atoms with Crippen LogP contribution in [0.5, 0.6) is 0 Å². The highest BCUT2D eigenvalue weighted by Crippen LogP contribution is 2.39. The summed E-state index contributed by atoms with van der Waals surface area (Å²) in [7, 11) is -2.19. The number of sulfone groups is 1. The quantitative estimate of drug-likeness (QED) is 0.714. The molecule has 1 aliphatic heterocycles. The lowest BCUT2D eigenvalue weighted by Gasteiger charge is -2.03. The minimum atomic E-state index is -3.89. The van der Waals surface area contributed by atoms with Crippen LogP contribution in [0.1, 0.15) is 10.8 Å². The van der Waals surface area contributed by atoms with Crippen LogP contribution in [-0.2, 0) is 18.9 Å². The van der Waals surface area contributed by atoms with Gasteiger partial charge in [0.2, 0.25) is 9.05 Å². The van der Waals surface area contributed by atoms with Crippen LogP contribution in [0.2, 0.25) is 0 Å². The molecule has 15 heavy (non-hydrogen) atoms. The molecular formula is C8H7ClO4S2. The Kier molecular flexibility index (Phi) is 2.33. The Morgan fingerprint density at radius 2 is 1.87 bits per heavy atom. The fourth-order valence-corrected chi connectivity index (χ4v) is 5.78. The fourth-order valence-electron chi connectivity index (χ4n) is 1.64. The fraction of sp³-hybridized carbons (Fsp3) is 0.250. The molecule has 0 saturated heterocycles. The van der Waals surface area contributed by atoms with Crippen molar-refractivity contribution in [2.24, 2.45) is 0 Å². The third kappa shape index (κ3) is 1.77. The molecule has 2 rings (SSSR count). The van der Waals surface area contributed by atoms with Crippen molar-refractivity contribution in [2.75, 3.05) is 5.75 Å². The van der Waals surface area contributed by atoms with Gasteiger partial charge in [0, 0.05) is 10.7 Å². The molecule has 1 aliphatic rings. The van der Waals surface area contributed by atoms with Crippen molar-refractivity contribution in [2.45, 2.75) is 10.1 Å². The van der Waals surface area contributed by atoms with E-state index >= 15 is 0 Å². The summed E-state index contributed by atoms with van der Waals surface area (Å²) >= 11 is 0. The summed E-state index contributed by atoms with van der Waals surface area (Å²) in [5, 5.41) is -1.14. The predicted molar refractivity (Wildman–Crippen MR) is 56.0 cm³/mol. The number of hydrogen-bond acceptors (Lipinski definition) is 4. The average Bonchev–Trinajstić information content (AvgIpc) is 2.39. The lowest BCUT2D eigenvalue weighted by molar-refractivity contribution is 0.592. The number of rotatable bonds is 1. The lowest BCUT2D eigenvalue weighted by Crippen LogP contribution is -2.09. The largest absolute Gasteiger partial charge is 0.240 e. The van der Waals surface area contributed by atoms with Crippen LogP contribution < -0.4 is 0 Å². The van der Waals surface area contributed by atoms with Crippen LogP contribution in [0.3, 0.4) is 0 Å². The molecular weight excluding hydrogens is 260 g/mol. The van der Waals surface area contributed by atoms with Gasteiger partial charge in [-0.2, -0.15) is 0 Å². The highest BCUT2D eigenvalue weighted by molar-refractivity contribution is 8.14. The molecule has 82 valence electrons. The van der Waals surface area contributed by atoms with E-state index in [4.69, 9.17) is 10.7 Å². The van der Waals surface area contributed by atoms with E-state index in [1.807, 2.05) is 0 Å². The van der Waals surface area contributed by atoms with Gasteiger partial charge in [-0.15, -0.1) is 0 Å². The Hall–Kier alpha value is -0.590. The second-order valence-corrected chi connectivity index (χ2v) is 8.10. The second kappa shape index (κ2) is 3.20. The maximum absolute atomic E-state index is 11.6. The van der Waals surface area contributed by atoms with Crippen molar-refractivity contribution in [3.63, 3.8) is 0 Å². The van der Waals surface area contributed by atoms with Gasteiger partial charge in [-0.1, -0.05) is 18.2 Å². The van der Waals surface area contributed by atoms with E-state index in [0.29, 0.717) is 0 Å². The number of hydrogen-bond donors (Lipinski definition) is 0. The summed E-state index contributed by atoms with van der Waals surface area (Å²) in [5.74, 6) is -0.460. The first-order valence-electron chi connectivity index (χ1n) is 4.07. The van der Waals surface area contributed by atoms with E-state index in [1.54, 1.807) is 12.1 Å². The topological polar surface area (TPSA) is 68.3 Å². The Morgan fingerprint density at radius 1 is 1.27 bits per heavy atom. The summed E-state index contributed by atoms with van der Waals surface area (Å²) in [5.41, 5.74) is 0.271. The van der Waals surface area contributed by atoms with Crippen molar-refractivity contribution in [3.8, 4) is 0 Å². The third-order valence-corrected chi connectivity index (χ3v) is 6.08. The van der Waals surface area contributed by atoms with Gasteiger partial charge in [0.05, 0.1) is 10.6 Å². The number of halogens is 1. The van der Waals surface area contributed by atoms with Crippen LogP contribution in [0, 0.1) is 0 Å². The summed E-state index contributed by atoms with van der Waals surface area (Å²) in [6, 6.07) is 6.02. The summed E-state index contributed by atoms with van der Waals surface area (Å²) < 4.78 is 45.5. The van der Waals surface area contributed by atoms with Gasteiger partial charge in [0.25, 0.3) is 0 Å². The molecule has 1 aromatic carbocycles. The first-order chi connectivity index (χ1) is 6.82. The van der Waals surface area contributed by atoms with Gasteiger partial charge < -0.3 is 0 Å². The van der Waals surface area contributed by atoms with Gasteiger partial charge in [-0.3, -0.25) is 0 Å². The van der Waals surface area contributed by atoms with E-state index in [0.717, 1.165) is 0 Å². The average molecular weight is 267 g/mol. The Balaban J connectivity index is 2.73. The van der Waals surface area contributed by atoms with E-state index < -0.39 is 29.9 Å². The standard InChI is InChI=1S/C8H7ClO4S2/c9-15(12,13)8-5-14(10,11)7-4-2-1-3-6(7)8/h1-4,8H,5H2/t8-/m1/s1. The van der Waals surface area contributed by atoms with Gasteiger partial charge in [0.1, 0.15) is 5.25 Å². The van der Waals surface area contributed by atoms with Crippen LogP contribution in [0.4, 0.5) is 0 Å².